The van der Waals surface area contributed by atoms with Gasteiger partial charge in [0.05, 0.1) is 39.0 Å². The molecule has 3 aromatic rings. The van der Waals surface area contributed by atoms with E-state index >= 15 is 0 Å². The van der Waals surface area contributed by atoms with Gasteiger partial charge in [-0.05, 0) is 47.0 Å². The number of hydrogen-bond donors (Lipinski definition) is 2. The van der Waals surface area contributed by atoms with Crippen LogP contribution in [0.2, 0.25) is 0 Å². The first-order chi connectivity index (χ1) is 17.8. The van der Waals surface area contributed by atoms with Crippen LogP contribution in [0.4, 0.5) is 11.4 Å². The Morgan fingerprint density at radius 3 is 2.00 bits per heavy atom. The molecule has 10 heteroatoms. The Balaban J connectivity index is 1.86. The van der Waals surface area contributed by atoms with E-state index in [1.54, 1.807) is 42.5 Å². The van der Waals surface area contributed by atoms with Gasteiger partial charge < -0.3 is 29.4 Å². The van der Waals surface area contributed by atoms with E-state index in [1.807, 2.05) is 0 Å². The predicted molar refractivity (Wildman–Crippen MR) is 140 cm³/mol. The predicted octanol–water partition coefficient (Wildman–Crippen LogP) is 5.16. The Labute approximate surface area is 213 Å². The van der Waals surface area contributed by atoms with E-state index in [9.17, 15) is 20.0 Å². The molecular formula is C27H26N2O8. The molecular weight excluding hydrogens is 480 g/mol. The van der Waals surface area contributed by atoms with Gasteiger partial charge in [-0.25, -0.2) is 0 Å². The van der Waals surface area contributed by atoms with Gasteiger partial charge in [0.25, 0.3) is 5.69 Å². The van der Waals surface area contributed by atoms with Crippen LogP contribution in [0.25, 0.3) is 18.2 Å². The molecule has 0 unspecified atom stereocenters. The van der Waals surface area contributed by atoms with Crippen molar-refractivity contribution < 1.29 is 33.8 Å². The Morgan fingerprint density at radius 1 is 0.838 bits per heavy atom. The van der Waals surface area contributed by atoms with E-state index in [-0.39, 0.29) is 22.9 Å². The molecule has 1 amide bonds. The van der Waals surface area contributed by atoms with Gasteiger partial charge in [0.15, 0.2) is 23.0 Å². The number of ether oxygens (including phenoxy) is 4. The van der Waals surface area contributed by atoms with Gasteiger partial charge in [-0.3, -0.25) is 14.9 Å². The second-order valence-corrected chi connectivity index (χ2v) is 7.59. The summed E-state index contributed by atoms with van der Waals surface area (Å²) in [7, 11) is 5.97. The third kappa shape index (κ3) is 6.57. The van der Waals surface area contributed by atoms with Crippen LogP contribution in [0.15, 0.2) is 54.6 Å². The monoisotopic (exact) mass is 506 g/mol. The maximum atomic E-state index is 12.5. The second-order valence-electron chi connectivity index (χ2n) is 7.59. The lowest BCUT2D eigenvalue weighted by Crippen LogP contribution is -2.08. The highest BCUT2D eigenvalue weighted by Gasteiger charge is 2.14. The first-order valence-electron chi connectivity index (χ1n) is 10.9. The van der Waals surface area contributed by atoms with E-state index in [2.05, 4.69) is 5.32 Å². The molecule has 0 atom stereocenters. The minimum Gasteiger partial charge on any atom is -0.503 e. The summed E-state index contributed by atoms with van der Waals surface area (Å²) in [6.45, 7) is 0. The highest BCUT2D eigenvalue weighted by Crippen LogP contribution is 2.39. The average molecular weight is 507 g/mol. The van der Waals surface area contributed by atoms with E-state index in [4.69, 9.17) is 18.9 Å². The zero-order chi connectivity index (χ0) is 26.9. The van der Waals surface area contributed by atoms with Crippen molar-refractivity contribution in [1.29, 1.82) is 0 Å². The molecule has 0 spiro atoms. The molecule has 0 aliphatic rings. The van der Waals surface area contributed by atoms with Gasteiger partial charge in [0.1, 0.15) is 0 Å². The molecule has 0 bridgehead atoms. The summed E-state index contributed by atoms with van der Waals surface area (Å²) in [5.41, 5.74) is 1.90. The molecule has 0 saturated carbocycles. The average Bonchev–Trinajstić information content (AvgIpc) is 2.91. The summed E-state index contributed by atoms with van der Waals surface area (Å²) in [6.07, 6.45) is 6.20. The maximum Gasteiger partial charge on any atom is 0.270 e. The maximum absolute atomic E-state index is 12.5. The van der Waals surface area contributed by atoms with Gasteiger partial charge >= 0.3 is 0 Å². The standard InChI is InChI=1S/C27H26N2O8/c1-34-22-14-18(8-9-19-15-23(35-2)27(37-4)24(16-19)36-3)13-21(26(22)31)28-25(30)11-10-17-6-5-7-20(12-17)29(32)33/h5-16,31H,1-4H3,(H,28,30)/b9-8+,11-10+. The number of hydrogen-bond acceptors (Lipinski definition) is 8. The molecule has 10 nitrogen and oxygen atoms in total. The van der Waals surface area contributed by atoms with Crippen LogP contribution in [0.1, 0.15) is 16.7 Å². The lowest BCUT2D eigenvalue weighted by atomic mass is 10.1. The Kier molecular flexibility index (Phi) is 8.71. The molecule has 0 fully saturated rings. The first-order valence-corrected chi connectivity index (χ1v) is 10.9. The number of methoxy groups -OCH3 is 4. The molecule has 37 heavy (non-hydrogen) atoms. The normalized spacial score (nSPS) is 10.9. The summed E-state index contributed by atoms with van der Waals surface area (Å²) in [5.74, 6) is 0.822. The first kappa shape index (κ1) is 26.6. The number of phenolic OH excluding ortho intramolecular Hbond substituents is 1. The minimum atomic E-state index is -0.547. The smallest absolute Gasteiger partial charge is 0.270 e. The SMILES string of the molecule is COc1cc(/C=C/c2cc(OC)c(OC)c(OC)c2)cc(NC(=O)/C=C/c2cccc([N+](=O)[O-])c2)c1O. The molecule has 2 N–H and O–H groups in total. The number of non-ortho nitro benzene ring substituents is 1. The fraction of sp³-hybridized carbons (Fsp3) is 0.148. The number of carbonyl (C=O) groups is 1. The summed E-state index contributed by atoms with van der Waals surface area (Å²) in [6, 6.07) is 12.6. The summed E-state index contributed by atoms with van der Waals surface area (Å²) < 4.78 is 21.4. The van der Waals surface area contributed by atoms with Crippen LogP contribution in [-0.4, -0.2) is 44.4 Å². The van der Waals surface area contributed by atoms with Crippen LogP contribution < -0.4 is 24.3 Å². The number of nitro groups is 1. The number of amides is 1. The number of phenols is 1. The third-order valence-electron chi connectivity index (χ3n) is 5.24. The number of aromatic hydroxyl groups is 1. The summed E-state index contributed by atoms with van der Waals surface area (Å²) in [4.78, 5) is 22.9. The molecule has 0 aliphatic heterocycles. The van der Waals surface area contributed by atoms with E-state index in [0.717, 1.165) is 5.56 Å². The van der Waals surface area contributed by atoms with Crippen LogP contribution in [0.3, 0.4) is 0 Å². The van der Waals surface area contributed by atoms with Gasteiger partial charge in [-0.1, -0.05) is 24.3 Å². The molecule has 192 valence electrons. The highest BCUT2D eigenvalue weighted by atomic mass is 16.6. The number of nitrogens with one attached hydrogen (secondary N) is 1. The number of nitrogens with zero attached hydrogens (tertiary/aromatic N) is 1. The highest BCUT2D eigenvalue weighted by molar-refractivity contribution is 6.03. The molecule has 0 heterocycles. The summed E-state index contributed by atoms with van der Waals surface area (Å²) in [5, 5.41) is 24.1. The minimum absolute atomic E-state index is 0.0865. The topological polar surface area (TPSA) is 129 Å². The largest absolute Gasteiger partial charge is 0.503 e. The number of nitro benzene ring substituents is 1. The van der Waals surface area contributed by atoms with Crippen molar-refractivity contribution >= 4 is 35.5 Å². The Hall–Kier alpha value is -4.99. The van der Waals surface area contributed by atoms with Crippen molar-refractivity contribution in [2.24, 2.45) is 0 Å². The quantitative estimate of drug-likeness (QED) is 0.127. The molecule has 0 aliphatic carbocycles. The Morgan fingerprint density at radius 2 is 1.43 bits per heavy atom. The fourth-order valence-electron chi connectivity index (χ4n) is 3.45. The number of rotatable bonds is 10. The van der Waals surface area contributed by atoms with Crippen molar-refractivity contribution in [1.82, 2.24) is 0 Å². The zero-order valence-electron chi connectivity index (χ0n) is 20.7. The molecule has 0 radical (unpaired) electrons. The number of carbonyl (C=O) groups excluding carboxylic acids is 1. The number of benzene rings is 3. The number of anilines is 1. The van der Waals surface area contributed by atoms with E-state index in [0.29, 0.717) is 28.4 Å². The Bertz CT molecular complexity index is 1340. The van der Waals surface area contributed by atoms with Gasteiger partial charge in [-0.15, -0.1) is 0 Å². The molecule has 3 rings (SSSR count). The summed E-state index contributed by atoms with van der Waals surface area (Å²) >= 11 is 0. The van der Waals surface area contributed by atoms with Crippen LogP contribution in [-0.2, 0) is 4.79 Å². The van der Waals surface area contributed by atoms with Crippen LogP contribution in [0.5, 0.6) is 28.7 Å². The fourth-order valence-corrected chi connectivity index (χ4v) is 3.45. The lowest BCUT2D eigenvalue weighted by molar-refractivity contribution is -0.384. The van der Waals surface area contributed by atoms with Crippen molar-refractivity contribution in [3.8, 4) is 28.7 Å². The van der Waals surface area contributed by atoms with Gasteiger partial charge in [-0.2, -0.15) is 0 Å². The van der Waals surface area contributed by atoms with Crippen molar-refractivity contribution in [3.63, 3.8) is 0 Å². The van der Waals surface area contributed by atoms with Crippen molar-refractivity contribution in [3.05, 3.63) is 81.4 Å². The lowest BCUT2D eigenvalue weighted by Gasteiger charge is -2.13. The second kappa shape index (κ2) is 12.1. The molecule has 3 aromatic carbocycles. The third-order valence-corrected chi connectivity index (χ3v) is 5.24. The van der Waals surface area contributed by atoms with Gasteiger partial charge in [0, 0.05) is 18.2 Å². The van der Waals surface area contributed by atoms with Crippen LogP contribution >= 0.6 is 0 Å². The van der Waals surface area contributed by atoms with E-state index < -0.39 is 10.8 Å². The van der Waals surface area contributed by atoms with Crippen LogP contribution in [0, 0.1) is 10.1 Å². The van der Waals surface area contributed by atoms with Crippen molar-refractivity contribution in [2.75, 3.05) is 33.8 Å². The van der Waals surface area contributed by atoms with Crippen molar-refractivity contribution in [2.45, 2.75) is 0 Å². The van der Waals surface area contributed by atoms with Gasteiger partial charge in [0.2, 0.25) is 11.7 Å². The zero-order valence-corrected chi connectivity index (χ0v) is 20.7. The van der Waals surface area contributed by atoms with E-state index in [1.165, 1.54) is 58.8 Å². The molecule has 0 saturated heterocycles. The molecule has 0 aromatic heterocycles.